The van der Waals surface area contributed by atoms with Crippen molar-refractivity contribution in [1.82, 2.24) is 9.97 Å². The van der Waals surface area contributed by atoms with Gasteiger partial charge in [-0.1, -0.05) is 22.9 Å². The predicted molar refractivity (Wildman–Crippen MR) is 81.0 cm³/mol. The first-order chi connectivity index (χ1) is 8.78. The van der Waals surface area contributed by atoms with E-state index in [1.807, 2.05) is 0 Å². The molecule has 0 bridgehead atoms. The Morgan fingerprint density at radius 3 is 2.89 bits per heavy atom. The van der Waals surface area contributed by atoms with Crippen molar-refractivity contribution in [1.29, 1.82) is 0 Å². The molecular weight excluding hydrogens is 310 g/mol. The number of nitrogens with zero attached hydrogens (tertiary/aromatic N) is 3. The van der Waals surface area contributed by atoms with E-state index in [1.165, 1.54) is 23.1 Å². The molecule has 96 valence electrons. The zero-order chi connectivity index (χ0) is 12.5. The molecule has 3 heterocycles. The molecule has 3 nitrogen and oxygen atoms in total. The number of anilines is 1. The summed E-state index contributed by atoms with van der Waals surface area (Å²) in [6.45, 7) is 4.35. The molecule has 18 heavy (non-hydrogen) atoms. The Bertz CT molecular complexity index is 546. The Labute approximate surface area is 119 Å². The van der Waals surface area contributed by atoms with Gasteiger partial charge in [0.1, 0.15) is 17.0 Å². The Balaban J connectivity index is 1.98. The average Bonchev–Trinajstić information content (AvgIpc) is 2.82. The van der Waals surface area contributed by atoms with E-state index in [4.69, 9.17) is 0 Å². The number of halogens is 1. The molecule has 0 aliphatic carbocycles. The lowest BCUT2D eigenvalue weighted by Gasteiger charge is -2.30. The Kier molecular flexibility index (Phi) is 3.52. The van der Waals surface area contributed by atoms with Crippen molar-refractivity contribution in [3.63, 3.8) is 0 Å². The third-order valence-electron chi connectivity index (χ3n) is 3.43. The molecule has 0 saturated carbocycles. The van der Waals surface area contributed by atoms with Crippen molar-refractivity contribution >= 4 is 43.3 Å². The van der Waals surface area contributed by atoms with Gasteiger partial charge in [0.15, 0.2) is 0 Å². The van der Waals surface area contributed by atoms with Crippen molar-refractivity contribution in [2.45, 2.75) is 31.0 Å². The fourth-order valence-corrected chi connectivity index (χ4v) is 3.72. The summed E-state index contributed by atoms with van der Waals surface area (Å²) in [6.07, 6.45) is 5.16. The van der Waals surface area contributed by atoms with E-state index in [0.29, 0.717) is 4.83 Å². The van der Waals surface area contributed by atoms with E-state index < -0.39 is 0 Å². The van der Waals surface area contributed by atoms with Crippen LogP contribution in [0.3, 0.4) is 0 Å². The van der Waals surface area contributed by atoms with Crippen molar-refractivity contribution < 1.29 is 0 Å². The summed E-state index contributed by atoms with van der Waals surface area (Å²) >= 11 is 5.48. The van der Waals surface area contributed by atoms with Gasteiger partial charge in [-0.3, -0.25) is 0 Å². The molecule has 0 unspecified atom stereocenters. The number of hydrogen-bond acceptors (Lipinski definition) is 4. The van der Waals surface area contributed by atoms with E-state index in [9.17, 15) is 0 Å². The van der Waals surface area contributed by atoms with Crippen LogP contribution in [0.4, 0.5) is 5.82 Å². The highest BCUT2D eigenvalue weighted by Gasteiger charge is 2.20. The van der Waals surface area contributed by atoms with E-state index in [2.05, 4.69) is 43.8 Å². The van der Waals surface area contributed by atoms with Crippen LogP contribution in [0, 0.1) is 0 Å². The lowest BCUT2D eigenvalue weighted by atomic mass is 10.1. The lowest BCUT2D eigenvalue weighted by molar-refractivity contribution is 0.594. The minimum Gasteiger partial charge on any atom is -0.356 e. The van der Waals surface area contributed by atoms with Crippen LogP contribution in [0.15, 0.2) is 12.4 Å². The normalized spacial score (nSPS) is 17.6. The molecule has 1 aliphatic rings. The fraction of sp³-hybridized carbons (Fsp3) is 0.538. The largest absolute Gasteiger partial charge is 0.356 e. The third-order valence-corrected chi connectivity index (χ3v) is 5.53. The van der Waals surface area contributed by atoms with E-state index in [1.54, 1.807) is 17.7 Å². The smallest absolute Gasteiger partial charge is 0.140 e. The zero-order valence-electron chi connectivity index (χ0n) is 10.4. The van der Waals surface area contributed by atoms with Crippen molar-refractivity contribution in [3.05, 3.63) is 17.3 Å². The Morgan fingerprint density at radius 1 is 1.39 bits per heavy atom. The van der Waals surface area contributed by atoms with Crippen molar-refractivity contribution in [2.24, 2.45) is 0 Å². The van der Waals surface area contributed by atoms with E-state index >= 15 is 0 Å². The maximum absolute atomic E-state index is 4.51. The minimum absolute atomic E-state index is 0.666. The molecule has 0 radical (unpaired) electrons. The number of aromatic nitrogens is 2. The van der Waals surface area contributed by atoms with Crippen molar-refractivity contribution in [3.8, 4) is 0 Å². The zero-order valence-corrected chi connectivity index (χ0v) is 12.8. The molecule has 1 aliphatic heterocycles. The molecule has 0 spiro atoms. The van der Waals surface area contributed by atoms with Gasteiger partial charge in [-0.05, 0) is 25.3 Å². The molecule has 0 amide bonds. The van der Waals surface area contributed by atoms with Gasteiger partial charge in [-0.25, -0.2) is 9.97 Å². The lowest BCUT2D eigenvalue weighted by Crippen LogP contribution is -2.34. The second-order valence-electron chi connectivity index (χ2n) is 4.64. The summed E-state index contributed by atoms with van der Waals surface area (Å²) in [5.74, 6) is 1.12. The summed E-state index contributed by atoms with van der Waals surface area (Å²) in [4.78, 5) is 14.5. The average molecular weight is 326 g/mol. The number of piperidine rings is 1. The monoisotopic (exact) mass is 325 g/mol. The van der Waals surface area contributed by atoms with Gasteiger partial charge < -0.3 is 4.90 Å². The van der Waals surface area contributed by atoms with Crippen LogP contribution >= 0.6 is 27.3 Å². The minimum atomic E-state index is 0.666. The standard InChI is InChI=1S/C13H16BrN3S/c1-2-10-7-11-12(15-8-16-13(11)18-10)17-5-3-9(14)4-6-17/h7-9H,2-6H2,1H3. The number of fused-ring (bicyclic) bond motifs is 1. The first kappa shape index (κ1) is 12.4. The summed E-state index contributed by atoms with van der Waals surface area (Å²) in [5, 5.41) is 1.23. The Hall–Kier alpha value is -0.680. The van der Waals surface area contributed by atoms with Crippen LogP contribution in [0.2, 0.25) is 0 Å². The molecule has 0 aromatic carbocycles. The van der Waals surface area contributed by atoms with Gasteiger partial charge in [0, 0.05) is 22.8 Å². The third kappa shape index (κ3) is 2.26. The number of aryl methyl sites for hydroxylation is 1. The predicted octanol–water partition coefficient (Wildman–Crippen LogP) is 3.62. The fourth-order valence-electron chi connectivity index (χ4n) is 2.38. The van der Waals surface area contributed by atoms with Crippen LogP contribution < -0.4 is 4.90 Å². The molecule has 5 heteroatoms. The maximum atomic E-state index is 4.51. The molecule has 2 aromatic rings. The molecule has 2 aromatic heterocycles. The molecular formula is C13H16BrN3S. The van der Waals surface area contributed by atoms with E-state index in [-0.39, 0.29) is 0 Å². The van der Waals surface area contributed by atoms with Crippen LogP contribution in [-0.2, 0) is 6.42 Å². The molecule has 0 atom stereocenters. The number of rotatable bonds is 2. The summed E-state index contributed by atoms with van der Waals surface area (Å²) in [6, 6.07) is 2.26. The van der Waals surface area contributed by atoms with Gasteiger partial charge in [0.25, 0.3) is 0 Å². The first-order valence-electron chi connectivity index (χ1n) is 6.40. The summed E-state index contributed by atoms with van der Waals surface area (Å²) < 4.78 is 0. The summed E-state index contributed by atoms with van der Waals surface area (Å²) in [7, 11) is 0. The van der Waals surface area contributed by atoms with Crippen molar-refractivity contribution in [2.75, 3.05) is 18.0 Å². The summed E-state index contributed by atoms with van der Waals surface area (Å²) in [5.41, 5.74) is 0. The Morgan fingerprint density at radius 2 is 2.17 bits per heavy atom. The maximum Gasteiger partial charge on any atom is 0.140 e. The van der Waals surface area contributed by atoms with Gasteiger partial charge >= 0.3 is 0 Å². The topological polar surface area (TPSA) is 29.0 Å². The highest BCUT2D eigenvalue weighted by atomic mass is 79.9. The highest BCUT2D eigenvalue weighted by Crippen LogP contribution is 2.32. The highest BCUT2D eigenvalue weighted by molar-refractivity contribution is 9.09. The number of hydrogen-bond donors (Lipinski definition) is 0. The van der Waals surface area contributed by atoms with Crippen LogP contribution in [0.25, 0.3) is 10.2 Å². The quantitative estimate of drug-likeness (QED) is 0.790. The van der Waals surface area contributed by atoms with Crippen LogP contribution in [0.5, 0.6) is 0 Å². The molecule has 3 rings (SSSR count). The number of thiophene rings is 1. The first-order valence-corrected chi connectivity index (χ1v) is 8.13. The van der Waals surface area contributed by atoms with Crippen LogP contribution in [0.1, 0.15) is 24.6 Å². The molecule has 1 fully saturated rings. The molecule has 1 saturated heterocycles. The van der Waals surface area contributed by atoms with E-state index in [0.717, 1.165) is 30.2 Å². The van der Waals surface area contributed by atoms with Gasteiger partial charge in [-0.15, -0.1) is 11.3 Å². The molecule has 0 N–H and O–H groups in total. The number of alkyl halides is 1. The van der Waals surface area contributed by atoms with Crippen LogP contribution in [-0.4, -0.2) is 27.9 Å². The second-order valence-corrected chi connectivity index (χ2v) is 7.05. The SMILES string of the molecule is CCc1cc2c(N3CCC(Br)CC3)ncnc2s1. The second kappa shape index (κ2) is 5.13. The van der Waals surface area contributed by atoms with Gasteiger partial charge in [0.05, 0.1) is 5.39 Å². The van der Waals surface area contributed by atoms with Gasteiger partial charge in [0.2, 0.25) is 0 Å². The van der Waals surface area contributed by atoms with Gasteiger partial charge in [-0.2, -0.15) is 0 Å².